The highest BCUT2D eigenvalue weighted by molar-refractivity contribution is 7.90. The van der Waals surface area contributed by atoms with Gasteiger partial charge in [0, 0.05) is 11.8 Å². The molecular formula is C21H16N2O3S. The molecule has 0 saturated heterocycles. The Bertz CT molecular complexity index is 1210. The number of fused-ring (bicyclic) bond motifs is 1. The first-order valence-electron chi connectivity index (χ1n) is 8.31. The van der Waals surface area contributed by atoms with E-state index in [4.69, 9.17) is 4.74 Å². The molecule has 0 aliphatic heterocycles. The third-order valence-corrected chi connectivity index (χ3v) is 5.20. The minimum Gasteiger partial charge on any atom is -0.438 e. The Labute approximate surface area is 157 Å². The third-order valence-electron chi connectivity index (χ3n) is 4.07. The zero-order chi connectivity index (χ0) is 18.9. The monoisotopic (exact) mass is 376 g/mol. The van der Waals surface area contributed by atoms with Crippen LogP contribution >= 0.6 is 0 Å². The van der Waals surface area contributed by atoms with E-state index < -0.39 is 9.84 Å². The van der Waals surface area contributed by atoms with E-state index in [0.717, 1.165) is 16.5 Å². The molecule has 0 N–H and O–H groups in total. The molecule has 0 amide bonds. The van der Waals surface area contributed by atoms with Crippen LogP contribution in [0.2, 0.25) is 0 Å². The first kappa shape index (κ1) is 17.2. The minimum atomic E-state index is -3.25. The maximum absolute atomic E-state index is 11.6. The van der Waals surface area contributed by atoms with Crippen molar-refractivity contribution in [2.75, 3.05) is 6.26 Å². The van der Waals surface area contributed by atoms with Crippen LogP contribution in [-0.4, -0.2) is 24.6 Å². The quantitative estimate of drug-likeness (QED) is 0.525. The fraction of sp³-hybridized carbons (Fsp3) is 0.0476. The van der Waals surface area contributed by atoms with Crippen molar-refractivity contribution in [3.63, 3.8) is 0 Å². The highest BCUT2D eigenvalue weighted by Crippen LogP contribution is 2.30. The fourth-order valence-corrected chi connectivity index (χ4v) is 3.34. The summed E-state index contributed by atoms with van der Waals surface area (Å²) in [7, 11) is -3.25. The average Bonchev–Trinajstić information content (AvgIpc) is 2.68. The summed E-state index contributed by atoms with van der Waals surface area (Å²) in [4.78, 5) is 9.45. The van der Waals surface area contributed by atoms with Crippen LogP contribution in [0.4, 0.5) is 0 Å². The SMILES string of the molecule is CS(=O)(=O)c1ccc(Oc2nc(-c3ccccc3)nc3ccccc23)cc1. The number of aromatic nitrogens is 2. The van der Waals surface area contributed by atoms with Gasteiger partial charge >= 0.3 is 0 Å². The lowest BCUT2D eigenvalue weighted by Crippen LogP contribution is -1.98. The molecule has 1 aromatic heterocycles. The predicted octanol–water partition coefficient (Wildman–Crippen LogP) is 4.49. The number of para-hydroxylation sites is 1. The lowest BCUT2D eigenvalue weighted by atomic mass is 10.2. The van der Waals surface area contributed by atoms with Crippen LogP contribution in [-0.2, 0) is 9.84 Å². The van der Waals surface area contributed by atoms with E-state index in [-0.39, 0.29) is 4.90 Å². The second-order valence-electron chi connectivity index (χ2n) is 6.08. The summed E-state index contributed by atoms with van der Waals surface area (Å²) in [6, 6.07) is 23.6. The van der Waals surface area contributed by atoms with Crippen molar-refractivity contribution < 1.29 is 13.2 Å². The van der Waals surface area contributed by atoms with Crippen LogP contribution in [0.1, 0.15) is 0 Å². The summed E-state index contributed by atoms with van der Waals surface area (Å²) in [5.74, 6) is 1.49. The first-order valence-corrected chi connectivity index (χ1v) is 10.2. The van der Waals surface area contributed by atoms with Gasteiger partial charge < -0.3 is 4.74 Å². The number of ether oxygens (including phenoxy) is 1. The molecule has 6 heteroatoms. The molecule has 27 heavy (non-hydrogen) atoms. The summed E-state index contributed by atoms with van der Waals surface area (Å²) >= 11 is 0. The van der Waals surface area contributed by atoms with Gasteiger partial charge in [-0.3, -0.25) is 0 Å². The van der Waals surface area contributed by atoms with Crippen LogP contribution < -0.4 is 4.74 Å². The second-order valence-corrected chi connectivity index (χ2v) is 8.10. The number of nitrogens with zero attached hydrogens (tertiary/aromatic N) is 2. The molecular weight excluding hydrogens is 360 g/mol. The predicted molar refractivity (Wildman–Crippen MR) is 105 cm³/mol. The second kappa shape index (κ2) is 6.81. The Kier molecular flexibility index (Phi) is 4.33. The van der Waals surface area contributed by atoms with Crippen molar-refractivity contribution in [2.24, 2.45) is 0 Å². The molecule has 0 spiro atoms. The fourth-order valence-electron chi connectivity index (χ4n) is 2.71. The van der Waals surface area contributed by atoms with E-state index in [9.17, 15) is 8.42 Å². The molecule has 3 aromatic carbocycles. The number of hydrogen-bond donors (Lipinski definition) is 0. The standard InChI is InChI=1S/C21H16N2O3S/c1-27(24,25)17-13-11-16(12-14-17)26-21-18-9-5-6-10-19(18)22-20(23-21)15-7-3-2-4-8-15/h2-14H,1H3. The smallest absolute Gasteiger partial charge is 0.230 e. The molecule has 4 rings (SSSR count). The zero-order valence-corrected chi connectivity index (χ0v) is 15.3. The molecule has 0 saturated carbocycles. The van der Waals surface area contributed by atoms with Gasteiger partial charge in [0.1, 0.15) is 5.75 Å². The molecule has 0 unspecified atom stereocenters. The van der Waals surface area contributed by atoms with Gasteiger partial charge in [0.25, 0.3) is 0 Å². The summed E-state index contributed by atoms with van der Waals surface area (Å²) in [6.45, 7) is 0. The Morgan fingerprint density at radius 1 is 0.778 bits per heavy atom. The van der Waals surface area contributed by atoms with Crippen LogP contribution in [0.5, 0.6) is 11.6 Å². The van der Waals surface area contributed by atoms with Crippen LogP contribution in [0.25, 0.3) is 22.3 Å². The lowest BCUT2D eigenvalue weighted by Gasteiger charge is -2.10. The van der Waals surface area contributed by atoms with E-state index in [2.05, 4.69) is 9.97 Å². The van der Waals surface area contributed by atoms with E-state index in [0.29, 0.717) is 17.5 Å². The molecule has 0 aliphatic carbocycles. The van der Waals surface area contributed by atoms with Crippen LogP contribution in [0, 0.1) is 0 Å². The Balaban J connectivity index is 1.78. The highest BCUT2D eigenvalue weighted by atomic mass is 32.2. The number of rotatable bonds is 4. The number of hydrogen-bond acceptors (Lipinski definition) is 5. The van der Waals surface area contributed by atoms with Crippen molar-refractivity contribution in [2.45, 2.75) is 4.90 Å². The van der Waals surface area contributed by atoms with Gasteiger partial charge in [-0.15, -0.1) is 0 Å². The van der Waals surface area contributed by atoms with Gasteiger partial charge in [0.15, 0.2) is 15.7 Å². The van der Waals surface area contributed by atoms with E-state index in [1.807, 2.05) is 54.6 Å². The Morgan fingerprint density at radius 3 is 2.15 bits per heavy atom. The molecule has 4 aromatic rings. The molecule has 5 nitrogen and oxygen atoms in total. The molecule has 0 atom stereocenters. The van der Waals surface area contributed by atoms with Crippen molar-refractivity contribution in [1.29, 1.82) is 0 Å². The van der Waals surface area contributed by atoms with Gasteiger partial charge in [-0.2, -0.15) is 4.98 Å². The normalized spacial score (nSPS) is 11.4. The van der Waals surface area contributed by atoms with Crippen molar-refractivity contribution in [3.8, 4) is 23.0 Å². The highest BCUT2D eigenvalue weighted by Gasteiger charge is 2.12. The van der Waals surface area contributed by atoms with Crippen molar-refractivity contribution in [3.05, 3.63) is 78.9 Å². The molecule has 0 radical (unpaired) electrons. The van der Waals surface area contributed by atoms with Crippen LogP contribution in [0.15, 0.2) is 83.8 Å². The maximum Gasteiger partial charge on any atom is 0.230 e. The lowest BCUT2D eigenvalue weighted by molar-refractivity contribution is 0.468. The Morgan fingerprint density at radius 2 is 1.44 bits per heavy atom. The number of sulfone groups is 1. The third kappa shape index (κ3) is 3.66. The molecule has 134 valence electrons. The maximum atomic E-state index is 11.6. The average molecular weight is 376 g/mol. The van der Waals surface area contributed by atoms with Gasteiger partial charge in [0.05, 0.1) is 15.8 Å². The first-order chi connectivity index (χ1) is 13.0. The Hall–Kier alpha value is -3.25. The zero-order valence-electron chi connectivity index (χ0n) is 14.5. The van der Waals surface area contributed by atoms with E-state index in [1.54, 1.807) is 12.1 Å². The largest absolute Gasteiger partial charge is 0.438 e. The molecule has 0 bridgehead atoms. The summed E-state index contributed by atoms with van der Waals surface area (Å²) in [6.07, 6.45) is 1.17. The summed E-state index contributed by atoms with van der Waals surface area (Å²) in [5.41, 5.74) is 1.66. The summed E-state index contributed by atoms with van der Waals surface area (Å²) < 4.78 is 29.2. The van der Waals surface area contributed by atoms with Gasteiger partial charge in [0.2, 0.25) is 5.88 Å². The van der Waals surface area contributed by atoms with Gasteiger partial charge in [-0.25, -0.2) is 13.4 Å². The van der Waals surface area contributed by atoms with E-state index in [1.165, 1.54) is 18.4 Å². The molecule has 0 fully saturated rings. The van der Waals surface area contributed by atoms with Gasteiger partial charge in [-0.1, -0.05) is 42.5 Å². The topological polar surface area (TPSA) is 69.2 Å². The van der Waals surface area contributed by atoms with Gasteiger partial charge in [-0.05, 0) is 36.4 Å². The molecule has 1 heterocycles. The minimum absolute atomic E-state index is 0.243. The van der Waals surface area contributed by atoms with Crippen molar-refractivity contribution >= 4 is 20.7 Å². The van der Waals surface area contributed by atoms with Crippen LogP contribution in [0.3, 0.4) is 0 Å². The summed E-state index contributed by atoms with van der Waals surface area (Å²) in [5, 5.41) is 0.782. The molecule has 0 aliphatic rings. The van der Waals surface area contributed by atoms with E-state index >= 15 is 0 Å². The van der Waals surface area contributed by atoms with Crippen molar-refractivity contribution in [1.82, 2.24) is 9.97 Å². The number of benzene rings is 3.